The van der Waals surface area contributed by atoms with Gasteiger partial charge in [0.2, 0.25) is 0 Å². The highest BCUT2D eigenvalue weighted by Gasteiger charge is 2.09. The SMILES string of the molecule is CCCc1nc(CSc2ccccc2Cl)[nH]c(=O)c1I. The van der Waals surface area contributed by atoms with Crippen LogP contribution in [0.15, 0.2) is 34.0 Å². The highest BCUT2D eigenvalue weighted by molar-refractivity contribution is 14.1. The Labute approximate surface area is 140 Å². The van der Waals surface area contributed by atoms with E-state index in [1.165, 1.54) is 0 Å². The first kappa shape index (κ1) is 15.9. The first-order valence-electron chi connectivity index (χ1n) is 6.26. The third kappa shape index (κ3) is 3.99. The highest BCUT2D eigenvalue weighted by Crippen LogP contribution is 2.28. The molecule has 1 heterocycles. The zero-order chi connectivity index (χ0) is 14.5. The Morgan fingerprint density at radius 1 is 1.40 bits per heavy atom. The number of halogens is 2. The predicted molar refractivity (Wildman–Crippen MR) is 92.6 cm³/mol. The summed E-state index contributed by atoms with van der Waals surface area (Å²) in [5.74, 6) is 1.30. The number of hydrogen-bond acceptors (Lipinski definition) is 3. The molecule has 0 atom stereocenters. The lowest BCUT2D eigenvalue weighted by atomic mass is 10.2. The molecule has 0 aliphatic rings. The van der Waals surface area contributed by atoms with E-state index < -0.39 is 0 Å². The maximum atomic E-state index is 11.9. The minimum Gasteiger partial charge on any atom is -0.309 e. The maximum absolute atomic E-state index is 11.9. The number of nitrogens with zero attached hydrogens (tertiary/aromatic N) is 1. The Morgan fingerprint density at radius 3 is 2.85 bits per heavy atom. The molecule has 0 radical (unpaired) electrons. The van der Waals surface area contributed by atoms with Gasteiger partial charge in [0.25, 0.3) is 5.56 Å². The molecule has 6 heteroatoms. The van der Waals surface area contributed by atoms with Crippen LogP contribution in [0.25, 0.3) is 0 Å². The van der Waals surface area contributed by atoms with E-state index in [1.807, 2.05) is 24.3 Å². The summed E-state index contributed by atoms with van der Waals surface area (Å²) in [5.41, 5.74) is 0.824. The van der Waals surface area contributed by atoms with Crippen LogP contribution in [0.4, 0.5) is 0 Å². The van der Waals surface area contributed by atoms with Crippen molar-refractivity contribution in [2.75, 3.05) is 0 Å². The fourth-order valence-electron chi connectivity index (χ4n) is 1.74. The molecule has 0 fully saturated rings. The molecule has 3 nitrogen and oxygen atoms in total. The molecular formula is C14H14ClIN2OS. The lowest BCUT2D eigenvalue weighted by Gasteiger charge is -2.06. The van der Waals surface area contributed by atoms with Gasteiger partial charge in [0.1, 0.15) is 5.82 Å². The number of aromatic nitrogens is 2. The van der Waals surface area contributed by atoms with Crippen LogP contribution in [-0.2, 0) is 12.2 Å². The summed E-state index contributed by atoms with van der Waals surface area (Å²) >= 11 is 9.74. The van der Waals surface area contributed by atoms with Crippen molar-refractivity contribution >= 4 is 46.0 Å². The largest absolute Gasteiger partial charge is 0.309 e. The number of aryl methyl sites for hydroxylation is 1. The first-order valence-corrected chi connectivity index (χ1v) is 8.71. The van der Waals surface area contributed by atoms with Gasteiger partial charge < -0.3 is 4.98 Å². The van der Waals surface area contributed by atoms with E-state index >= 15 is 0 Å². The molecule has 0 bridgehead atoms. The van der Waals surface area contributed by atoms with Crippen molar-refractivity contribution in [1.82, 2.24) is 9.97 Å². The normalized spacial score (nSPS) is 10.8. The van der Waals surface area contributed by atoms with E-state index in [1.54, 1.807) is 11.8 Å². The molecule has 0 saturated heterocycles. The van der Waals surface area contributed by atoms with Crippen molar-refractivity contribution in [3.63, 3.8) is 0 Å². The second-order valence-corrected chi connectivity index (χ2v) is 6.75. The van der Waals surface area contributed by atoms with Crippen molar-refractivity contribution < 1.29 is 0 Å². The third-order valence-electron chi connectivity index (χ3n) is 2.67. The van der Waals surface area contributed by atoms with Gasteiger partial charge in [0, 0.05) is 4.90 Å². The van der Waals surface area contributed by atoms with Crippen molar-refractivity contribution in [3.05, 3.63) is 54.7 Å². The van der Waals surface area contributed by atoms with E-state index in [0.29, 0.717) is 15.1 Å². The Morgan fingerprint density at radius 2 is 2.15 bits per heavy atom. The second kappa shape index (κ2) is 7.47. The molecule has 1 aromatic heterocycles. The monoisotopic (exact) mass is 420 g/mol. The van der Waals surface area contributed by atoms with Gasteiger partial charge in [-0.2, -0.15) is 0 Å². The van der Waals surface area contributed by atoms with Crippen LogP contribution in [0.1, 0.15) is 24.9 Å². The molecule has 0 unspecified atom stereocenters. The van der Waals surface area contributed by atoms with Gasteiger partial charge in [-0.05, 0) is 41.1 Å². The van der Waals surface area contributed by atoms with Crippen molar-refractivity contribution in [1.29, 1.82) is 0 Å². The van der Waals surface area contributed by atoms with Gasteiger partial charge in [-0.25, -0.2) is 4.98 Å². The number of rotatable bonds is 5. The summed E-state index contributed by atoms with van der Waals surface area (Å²) in [4.78, 5) is 20.2. The van der Waals surface area contributed by atoms with E-state index in [-0.39, 0.29) is 5.56 Å². The van der Waals surface area contributed by atoms with E-state index in [9.17, 15) is 4.79 Å². The number of benzene rings is 1. The number of aromatic amines is 1. The van der Waals surface area contributed by atoms with Gasteiger partial charge >= 0.3 is 0 Å². The molecule has 2 aromatic rings. The highest BCUT2D eigenvalue weighted by atomic mass is 127. The summed E-state index contributed by atoms with van der Waals surface area (Å²) in [6.45, 7) is 2.08. The number of H-pyrrole nitrogens is 1. The van der Waals surface area contributed by atoms with E-state index in [0.717, 1.165) is 28.5 Å². The Balaban J connectivity index is 2.18. The number of nitrogens with one attached hydrogen (secondary N) is 1. The zero-order valence-corrected chi connectivity index (χ0v) is 14.7. The van der Waals surface area contributed by atoms with Crippen LogP contribution in [0.3, 0.4) is 0 Å². The molecule has 20 heavy (non-hydrogen) atoms. The Bertz CT molecular complexity index is 660. The molecule has 1 aromatic carbocycles. The van der Waals surface area contributed by atoms with Crippen LogP contribution in [0.2, 0.25) is 5.02 Å². The van der Waals surface area contributed by atoms with E-state index in [4.69, 9.17) is 11.6 Å². The molecule has 0 aliphatic heterocycles. The van der Waals surface area contributed by atoms with E-state index in [2.05, 4.69) is 39.5 Å². The fraction of sp³-hybridized carbons (Fsp3) is 0.286. The lowest BCUT2D eigenvalue weighted by molar-refractivity contribution is 0.834. The average Bonchev–Trinajstić information content (AvgIpc) is 2.43. The summed E-state index contributed by atoms with van der Waals surface area (Å²) in [5, 5.41) is 0.721. The number of hydrogen-bond donors (Lipinski definition) is 1. The minimum atomic E-state index is -0.0567. The molecule has 1 N–H and O–H groups in total. The Kier molecular flexibility index (Phi) is 5.92. The second-order valence-electron chi connectivity index (χ2n) is 4.24. The molecule has 2 rings (SSSR count). The maximum Gasteiger partial charge on any atom is 0.264 e. The zero-order valence-electron chi connectivity index (χ0n) is 11.0. The molecular weight excluding hydrogens is 407 g/mol. The average molecular weight is 421 g/mol. The summed E-state index contributed by atoms with van der Waals surface area (Å²) < 4.78 is 0.691. The first-order chi connectivity index (χ1) is 9.61. The quantitative estimate of drug-likeness (QED) is 0.580. The minimum absolute atomic E-state index is 0.0567. The van der Waals surface area contributed by atoms with Gasteiger partial charge in [-0.15, -0.1) is 11.8 Å². The summed E-state index contributed by atoms with van der Waals surface area (Å²) in [7, 11) is 0. The van der Waals surface area contributed by atoms with Crippen molar-refractivity contribution in [2.24, 2.45) is 0 Å². The third-order valence-corrected chi connectivity index (χ3v) is 5.31. The van der Waals surface area contributed by atoms with Crippen LogP contribution in [0, 0.1) is 3.57 Å². The predicted octanol–water partition coefficient (Wildman–Crippen LogP) is 4.27. The smallest absolute Gasteiger partial charge is 0.264 e. The lowest BCUT2D eigenvalue weighted by Crippen LogP contribution is -2.17. The number of thioether (sulfide) groups is 1. The summed E-state index contributed by atoms with van der Waals surface area (Å²) in [6.07, 6.45) is 1.80. The van der Waals surface area contributed by atoms with Gasteiger partial charge in [-0.3, -0.25) is 4.79 Å². The van der Waals surface area contributed by atoms with Crippen LogP contribution in [-0.4, -0.2) is 9.97 Å². The molecule has 0 spiro atoms. The van der Waals surface area contributed by atoms with Crippen LogP contribution in [0.5, 0.6) is 0 Å². The molecule has 0 saturated carbocycles. The summed E-state index contributed by atoms with van der Waals surface area (Å²) in [6, 6.07) is 7.67. The van der Waals surface area contributed by atoms with Gasteiger partial charge in [0.05, 0.1) is 20.0 Å². The van der Waals surface area contributed by atoms with Gasteiger partial charge in [0.15, 0.2) is 0 Å². The fourth-order valence-corrected chi connectivity index (χ4v) is 3.37. The van der Waals surface area contributed by atoms with Gasteiger partial charge in [-0.1, -0.05) is 37.1 Å². The van der Waals surface area contributed by atoms with Crippen molar-refractivity contribution in [2.45, 2.75) is 30.4 Å². The molecule has 106 valence electrons. The van der Waals surface area contributed by atoms with Crippen molar-refractivity contribution in [3.8, 4) is 0 Å². The van der Waals surface area contributed by atoms with Crippen LogP contribution >= 0.6 is 46.0 Å². The topological polar surface area (TPSA) is 45.8 Å². The molecule has 0 amide bonds. The molecule has 0 aliphatic carbocycles. The standard InChI is InChI=1S/C14H14ClIN2OS/c1-2-5-10-13(16)14(19)18-12(17-10)8-20-11-7-4-3-6-9(11)15/h3-4,6-7H,2,5,8H2,1H3,(H,17,18,19). The Hall–Kier alpha value is -0.530. The van der Waals surface area contributed by atoms with Crippen LogP contribution < -0.4 is 5.56 Å².